The fourth-order valence-electron chi connectivity index (χ4n) is 1.90. The van der Waals surface area contributed by atoms with E-state index in [1.807, 2.05) is 0 Å². The second-order valence-electron chi connectivity index (χ2n) is 4.09. The van der Waals surface area contributed by atoms with Crippen molar-refractivity contribution in [3.63, 3.8) is 0 Å². The number of nitrogens with two attached hydrogens (primary N) is 1. The molecular weight excluding hydrogens is 262 g/mol. The molecule has 0 aliphatic heterocycles. The molecule has 2 heterocycles. The van der Waals surface area contributed by atoms with E-state index in [1.54, 1.807) is 12.1 Å². The fourth-order valence-corrected chi connectivity index (χ4v) is 1.90. The number of carbonyl (C=O) groups is 1. The molecule has 0 fully saturated rings. The average Bonchev–Trinajstić information content (AvgIpc) is 2.82. The molecule has 0 amide bonds. The Hall–Kier alpha value is -3.16. The summed E-state index contributed by atoms with van der Waals surface area (Å²) in [5, 5.41) is 8.99. The molecule has 8 heteroatoms. The summed E-state index contributed by atoms with van der Waals surface area (Å²) in [6.07, 6.45) is 1.40. The smallest absolute Gasteiger partial charge is 0.335 e. The van der Waals surface area contributed by atoms with Gasteiger partial charge in [-0.1, -0.05) is 6.07 Å². The topological polar surface area (TPSA) is 127 Å². The van der Waals surface area contributed by atoms with E-state index < -0.39 is 11.5 Å². The Kier molecular flexibility index (Phi) is 2.50. The summed E-state index contributed by atoms with van der Waals surface area (Å²) >= 11 is 0. The number of imidazole rings is 1. The average molecular weight is 271 g/mol. The molecule has 3 aromatic rings. The van der Waals surface area contributed by atoms with Crippen LogP contribution in [0, 0.1) is 0 Å². The van der Waals surface area contributed by atoms with E-state index >= 15 is 0 Å². The number of rotatable bonds is 2. The van der Waals surface area contributed by atoms with Crippen LogP contribution in [0.5, 0.6) is 0 Å². The lowest BCUT2D eigenvalue weighted by Gasteiger charge is -2.04. The first-order valence-corrected chi connectivity index (χ1v) is 5.63. The van der Waals surface area contributed by atoms with Crippen LogP contribution in [0.3, 0.4) is 0 Å². The van der Waals surface area contributed by atoms with E-state index in [4.69, 9.17) is 10.8 Å². The molecule has 0 bridgehead atoms. The van der Waals surface area contributed by atoms with Crippen LogP contribution in [0.15, 0.2) is 35.4 Å². The molecule has 0 aliphatic carbocycles. The summed E-state index contributed by atoms with van der Waals surface area (Å²) < 4.78 is 1.51. The normalized spacial score (nSPS) is 10.8. The van der Waals surface area contributed by atoms with Crippen molar-refractivity contribution < 1.29 is 9.90 Å². The van der Waals surface area contributed by atoms with Crippen LogP contribution in [-0.4, -0.2) is 30.6 Å². The number of fused-ring (bicyclic) bond motifs is 1. The van der Waals surface area contributed by atoms with Gasteiger partial charge in [-0.15, -0.1) is 0 Å². The molecule has 1 aromatic carbocycles. The Bertz CT molecular complexity index is 880. The number of benzene rings is 1. The maximum absolute atomic E-state index is 11.7. The number of aromatic nitrogens is 4. The molecule has 3 rings (SSSR count). The van der Waals surface area contributed by atoms with Crippen LogP contribution in [-0.2, 0) is 0 Å². The molecule has 0 spiro atoms. The predicted octanol–water partition coefficient (Wildman–Crippen LogP) is 0.389. The maximum atomic E-state index is 11.7. The van der Waals surface area contributed by atoms with Gasteiger partial charge in [-0.2, -0.15) is 4.98 Å². The molecule has 2 aromatic heterocycles. The highest BCUT2D eigenvalue weighted by molar-refractivity contribution is 5.88. The van der Waals surface area contributed by atoms with E-state index in [1.165, 1.54) is 23.0 Å². The Labute approximate surface area is 111 Å². The summed E-state index contributed by atoms with van der Waals surface area (Å²) in [5.74, 6) is -1.07. The molecule has 0 atom stereocenters. The Balaban J connectivity index is 2.27. The predicted molar refractivity (Wildman–Crippen MR) is 70.9 cm³/mol. The number of carboxylic acids is 1. The van der Waals surface area contributed by atoms with Gasteiger partial charge in [0.15, 0.2) is 11.2 Å². The van der Waals surface area contributed by atoms with Crippen molar-refractivity contribution in [3.05, 3.63) is 46.5 Å². The number of anilines is 1. The second-order valence-corrected chi connectivity index (χ2v) is 4.09. The zero-order chi connectivity index (χ0) is 14.3. The SMILES string of the molecule is Nc1nc2c(ncn2-c2cccc(C(=O)O)c2)c(=O)[nH]1. The third-order valence-corrected chi connectivity index (χ3v) is 2.80. The van der Waals surface area contributed by atoms with Crippen molar-refractivity contribution in [2.45, 2.75) is 0 Å². The van der Waals surface area contributed by atoms with Gasteiger partial charge in [0.25, 0.3) is 5.56 Å². The molecule has 0 unspecified atom stereocenters. The van der Waals surface area contributed by atoms with E-state index in [9.17, 15) is 9.59 Å². The fraction of sp³-hybridized carbons (Fsp3) is 0. The van der Waals surface area contributed by atoms with Crippen molar-refractivity contribution >= 4 is 23.1 Å². The summed E-state index contributed by atoms with van der Waals surface area (Å²) in [7, 11) is 0. The molecule has 20 heavy (non-hydrogen) atoms. The van der Waals surface area contributed by atoms with Crippen molar-refractivity contribution in [2.75, 3.05) is 5.73 Å². The van der Waals surface area contributed by atoms with E-state index in [2.05, 4.69) is 15.0 Å². The van der Waals surface area contributed by atoms with Crippen molar-refractivity contribution in [1.29, 1.82) is 0 Å². The molecule has 0 saturated carbocycles. The van der Waals surface area contributed by atoms with E-state index in [-0.39, 0.29) is 22.7 Å². The molecule has 4 N–H and O–H groups in total. The minimum atomic E-state index is -1.04. The summed E-state index contributed by atoms with van der Waals surface area (Å²) in [6.45, 7) is 0. The molecule has 0 radical (unpaired) electrons. The number of hydrogen-bond acceptors (Lipinski definition) is 5. The lowest BCUT2D eigenvalue weighted by molar-refractivity contribution is 0.0697. The summed E-state index contributed by atoms with van der Waals surface area (Å²) in [4.78, 5) is 33.0. The lowest BCUT2D eigenvalue weighted by Crippen LogP contribution is -2.12. The van der Waals surface area contributed by atoms with Crippen LogP contribution in [0.25, 0.3) is 16.9 Å². The first-order valence-electron chi connectivity index (χ1n) is 5.63. The standard InChI is InChI=1S/C12H9N5O3/c13-12-15-9-8(10(18)16-12)14-5-17(9)7-3-1-2-6(4-7)11(19)20/h1-5H,(H,19,20)(H3,13,15,16,18). The van der Waals surface area contributed by atoms with Gasteiger partial charge in [0.2, 0.25) is 5.95 Å². The Morgan fingerprint density at radius 1 is 1.40 bits per heavy atom. The number of hydrogen-bond donors (Lipinski definition) is 3. The number of carboxylic acid groups (broad SMARTS) is 1. The number of H-pyrrole nitrogens is 1. The van der Waals surface area contributed by atoms with Gasteiger partial charge in [0, 0.05) is 5.69 Å². The van der Waals surface area contributed by atoms with Gasteiger partial charge in [0.1, 0.15) is 6.33 Å². The zero-order valence-electron chi connectivity index (χ0n) is 10.1. The van der Waals surface area contributed by atoms with Crippen molar-refractivity contribution in [2.24, 2.45) is 0 Å². The van der Waals surface area contributed by atoms with Crippen LogP contribution in [0.4, 0.5) is 5.95 Å². The highest BCUT2D eigenvalue weighted by Crippen LogP contribution is 2.16. The molecule has 8 nitrogen and oxygen atoms in total. The van der Waals surface area contributed by atoms with Gasteiger partial charge in [-0.3, -0.25) is 14.3 Å². The monoisotopic (exact) mass is 271 g/mol. The summed E-state index contributed by atoms with van der Waals surface area (Å²) in [6, 6.07) is 6.22. The van der Waals surface area contributed by atoms with E-state index in [0.717, 1.165) is 0 Å². The first-order chi connectivity index (χ1) is 9.56. The maximum Gasteiger partial charge on any atom is 0.335 e. The highest BCUT2D eigenvalue weighted by atomic mass is 16.4. The molecular formula is C12H9N5O3. The largest absolute Gasteiger partial charge is 0.478 e. The van der Waals surface area contributed by atoms with Gasteiger partial charge < -0.3 is 10.8 Å². The number of aromatic amines is 1. The number of aromatic carboxylic acids is 1. The van der Waals surface area contributed by atoms with Gasteiger partial charge >= 0.3 is 5.97 Å². The first kappa shape index (κ1) is 11.9. The van der Waals surface area contributed by atoms with Crippen molar-refractivity contribution in [3.8, 4) is 5.69 Å². The third-order valence-electron chi connectivity index (χ3n) is 2.80. The molecule has 0 saturated heterocycles. The third kappa shape index (κ3) is 1.79. The minimum Gasteiger partial charge on any atom is -0.478 e. The number of nitrogen functional groups attached to an aromatic ring is 1. The molecule has 0 aliphatic rings. The number of nitrogens with one attached hydrogen (secondary N) is 1. The van der Waals surface area contributed by atoms with Gasteiger partial charge in [0.05, 0.1) is 5.56 Å². The van der Waals surface area contributed by atoms with Gasteiger partial charge in [-0.25, -0.2) is 9.78 Å². The van der Waals surface area contributed by atoms with E-state index in [0.29, 0.717) is 5.69 Å². The van der Waals surface area contributed by atoms with Crippen LogP contribution in [0.1, 0.15) is 10.4 Å². The van der Waals surface area contributed by atoms with Crippen LogP contribution >= 0.6 is 0 Å². The van der Waals surface area contributed by atoms with Crippen LogP contribution < -0.4 is 11.3 Å². The highest BCUT2D eigenvalue weighted by Gasteiger charge is 2.11. The minimum absolute atomic E-state index is 0.0290. The quantitative estimate of drug-likeness (QED) is 0.618. The Morgan fingerprint density at radius 2 is 2.20 bits per heavy atom. The second kappa shape index (κ2) is 4.19. The zero-order valence-corrected chi connectivity index (χ0v) is 10.1. The lowest BCUT2D eigenvalue weighted by atomic mass is 10.2. The molecule has 100 valence electrons. The number of nitrogens with zero attached hydrogens (tertiary/aromatic N) is 3. The summed E-state index contributed by atoms with van der Waals surface area (Å²) in [5.41, 5.74) is 6.13. The van der Waals surface area contributed by atoms with Crippen LogP contribution in [0.2, 0.25) is 0 Å². The van der Waals surface area contributed by atoms with Gasteiger partial charge in [-0.05, 0) is 18.2 Å². The Morgan fingerprint density at radius 3 is 2.95 bits per heavy atom. The van der Waals surface area contributed by atoms with Crippen molar-refractivity contribution in [1.82, 2.24) is 19.5 Å².